The smallest absolute Gasteiger partial charge is 0.341 e. The van der Waals surface area contributed by atoms with E-state index in [4.69, 9.17) is 91.2 Å². The number of nitrogens with zero attached hydrogens (tertiary/aromatic N) is 6. The molecule has 0 aliphatic rings. The monoisotopic (exact) mass is 1930 g/mol. The summed E-state index contributed by atoms with van der Waals surface area (Å²) < 4.78 is 66.3. The lowest BCUT2D eigenvalue weighted by atomic mass is 10.0. The third-order valence-corrected chi connectivity index (χ3v) is 21.7. The van der Waals surface area contributed by atoms with Crippen LogP contribution in [0.25, 0.3) is 0 Å². The van der Waals surface area contributed by atoms with E-state index >= 15 is 0 Å². The lowest BCUT2D eigenvalue weighted by molar-refractivity contribution is 0.0367. The molecule has 6 atom stereocenters. The van der Waals surface area contributed by atoms with Crippen LogP contribution in [0.3, 0.4) is 0 Å². The van der Waals surface area contributed by atoms with Crippen LogP contribution in [-0.4, -0.2) is 265 Å². The van der Waals surface area contributed by atoms with Crippen LogP contribution < -0.4 is 62.8 Å². The Labute approximate surface area is 829 Å². The third kappa shape index (κ3) is 52.0. The van der Waals surface area contributed by atoms with Gasteiger partial charge in [-0.1, -0.05) is 124 Å². The molecule has 780 valence electrons. The lowest BCUT2D eigenvalue weighted by Gasteiger charge is -2.25. The number of hydrogen-bond donors (Lipinski definition) is 6. The van der Waals surface area contributed by atoms with E-state index in [2.05, 4.69) is 126 Å². The number of ether oxygens (including phenoxy) is 12. The van der Waals surface area contributed by atoms with E-state index in [1.807, 2.05) is 112 Å². The Kier molecular flexibility index (Phi) is 63.1. The van der Waals surface area contributed by atoms with Crippen LogP contribution >= 0.6 is 0 Å². The van der Waals surface area contributed by atoms with Gasteiger partial charge < -0.3 is 121 Å². The van der Waals surface area contributed by atoms with Gasteiger partial charge in [0.1, 0.15) is 90.8 Å². The van der Waals surface area contributed by atoms with Crippen LogP contribution in [0, 0.1) is 35.5 Å². The average Bonchev–Trinajstić information content (AvgIpc) is 0.858. The maximum absolute atomic E-state index is 12.5. The SMILES string of the molecule is CCCCOc1cc(C(=O)OC[C@H](CC(C)C)N(C)C)ccc1N.CCCCOc1cc(N)ccc1C(=O)OC[C@H](CC(C)C)N(C)C.CCCOc1cc(C(=O)OC[C@H](CC(C)C)N(C)C)ccc1N.CCCOc1cc(N)ccc1C(=O)OC[C@H](CC(C)C)N(C)C.CCOc1cc(C(=O)OC[C@H](CC(C)C)N(C)C)ccc1N.CCOc1cc(N)ccc1C(=O)OC[C@H](CC(C)C)N(C)C. The van der Waals surface area contributed by atoms with Crippen LogP contribution in [0.5, 0.6) is 34.5 Å². The molecule has 0 saturated heterocycles. The van der Waals surface area contributed by atoms with Crippen molar-refractivity contribution in [2.24, 2.45) is 35.5 Å². The molecule has 0 aromatic heterocycles. The molecule has 0 aliphatic carbocycles. The van der Waals surface area contributed by atoms with Gasteiger partial charge in [-0.3, -0.25) is 0 Å². The average molecular weight is 1930 g/mol. The largest absolute Gasteiger partial charge is 0.493 e. The topological polar surface area (TPSA) is 389 Å². The van der Waals surface area contributed by atoms with Crippen molar-refractivity contribution in [3.05, 3.63) is 143 Å². The summed E-state index contributed by atoms with van der Waals surface area (Å²) in [6.45, 7) is 43.3. The van der Waals surface area contributed by atoms with Crippen LogP contribution in [0.1, 0.15) is 264 Å². The molecule has 0 radical (unpaired) electrons. The molecular weight excluding hydrogens is 1750 g/mol. The van der Waals surface area contributed by atoms with E-state index in [9.17, 15) is 28.8 Å². The summed E-state index contributed by atoms with van der Waals surface area (Å²) in [4.78, 5) is 86.4. The lowest BCUT2D eigenvalue weighted by Crippen LogP contribution is -2.34. The molecule has 138 heavy (non-hydrogen) atoms. The summed E-state index contributed by atoms with van der Waals surface area (Å²) in [5.41, 5.74) is 40.9. The molecule has 0 fully saturated rings. The fraction of sp³-hybridized carbons (Fsp3) is 0.611. The summed E-state index contributed by atoms with van der Waals surface area (Å²) in [5.74, 6) is 4.18. The number of esters is 6. The van der Waals surface area contributed by atoms with Crippen molar-refractivity contribution in [1.29, 1.82) is 0 Å². The van der Waals surface area contributed by atoms with Gasteiger partial charge in [-0.05, 0) is 289 Å². The highest BCUT2D eigenvalue weighted by atomic mass is 16.6. The van der Waals surface area contributed by atoms with Gasteiger partial charge in [-0.25, -0.2) is 28.8 Å². The number of likely N-dealkylation sites (N-methyl/N-ethyl adjacent to an activating group) is 6. The van der Waals surface area contributed by atoms with Gasteiger partial charge in [-0.2, -0.15) is 0 Å². The zero-order chi connectivity index (χ0) is 104. The zero-order valence-corrected chi connectivity index (χ0v) is 89.8. The molecule has 0 saturated carbocycles. The van der Waals surface area contributed by atoms with E-state index in [1.165, 1.54) is 0 Å². The predicted molar refractivity (Wildman–Crippen MR) is 563 cm³/mol. The second kappa shape index (κ2) is 69.3. The van der Waals surface area contributed by atoms with E-state index in [0.29, 0.717) is 217 Å². The molecule has 12 N–H and O–H groups in total. The number of unbranched alkanes of at least 4 members (excludes halogenated alkanes) is 2. The standard InChI is InChI=1S/2C19H32N2O3.2C18H30N2O3.2C17H28N2O3/c1-6-7-10-23-18-12-15(20)8-9-17(18)19(22)24-13-16(21(4)5)11-14(2)3;1-6-7-10-23-18-12-15(8-9-17(18)20)19(22)24-13-16(21(4)5)11-14(2)3;1-6-9-22-17-11-14(19)7-8-16(17)18(21)23-12-15(20(4)5)10-13(2)3;1-6-9-22-17-11-14(7-8-16(17)19)18(21)23-12-15(20(4)5)10-13(2)3;1-6-21-16-10-13(18)7-8-15(16)17(20)22-11-14(19(4)5)9-12(2)3;1-6-21-16-10-13(7-8-15(16)18)17(20)22-11-14(19(4)5)9-12(2)3/h2*8-9,12,14,16H,6-7,10-11,13,20H2,1-5H3;2*7-8,11,13,15H,6,9-10,12,19H2,1-5H3;2*7-8,10,12,14H,6,9,11,18H2,1-5H3/t2*16-;2*15-;2*14-/m000000/s1. The second-order valence-corrected chi connectivity index (χ2v) is 38.6. The number of hydrogen-bond acceptors (Lipinski definition) is 30. The van der Waals surface area contributed by atoms with Crippen molar-refractivity contribution >= 4 is 69.9 Å². The van der Waals surface area contributed by atoms with Crippen molar-refractivity contribution in [2.75, 3.05) is 198 Å². The van der Waals surface area contributed by atoms with Gasteiger partial charge in [-0.15, -0.1) is 0 Å². The number of carbonyl (C=O) groups is 6. The fourth-order valence-corrected chi connectivity index (χ4v) is 13.6. The molecule has 0 unspecified atom stereocenters. The van der Waals surface area contributed by atoms with E-state index in [-0.39, 0.29) is 72.1 Å². The first-order valence-corrected chi connectivity index (χ1v) is 49.2. The van der Waals surface area contributed by atoms with Crippen LogP contribution in [0.4, 0.5) is 34.1 Å². The number of carbonyl (C=O) groups excluding carboxylic acids is 6. The molecule has 0 heterocycles. The highest BCUT2D eigenvalue weighted by Crippen LogP contribution is 2.31. The molecule has 6 aromatic carbocycles. The Morgan fingerprint density at radius 2 is 0.449 bits per heavy atom. The van der Waals surface area contributed by atoms with Gasteiger partial charge in [0.25, 0.3) is 0 Å². The Bertz CT molecular complexity index is 4430. The predicted octanol–water partition coefficient (Wildman–Crippen LogP) is 19.1. The first kappa shape index (κ1) is 126. The molecule has 6 rings (SSSR count). The van der Waals surface area contributed by atoms with Crippen LogP contribution in [0.2, 0.25) is 0 Å². The zero-order valence-electron chi connectivity index (χ0n) is 89.8. The first-order valence-electron chi connectivity index (χ1n) is 49.2. The molecule has 30 heteroatoms. The third-order valence-electron chi connectivity index (χ3n) is 21.7. The Morgan fingerprint density at radius 3 is 0.667 bits per heavy atom. The highest BCUT2D eigenvalue weighted by Gasteiger charge is 2.27. The van der Waals surface area contributed by atoms with Gasteiger partial charge >= 0.3 is 35.8 Å². The quantitative estimate of drug-likeness (QED) is 0.00894. The minimum Gasteiger partial charge on any atom is -0.493 e. The minimum absolute atomic E-state index is 0.201. The summed E-state index contributed by atoms with van der Waals surface area (Å²) >= 11 is 0. The van der Waals surface area contributed by atoms with E-state index in [0.717, 1.165) is 77.0 Å². The van der Waals surface area contributed by atoms with Gasteiger partial charge in [0.05, 0.1) is 73.4 Å². The van der Waals surface area contributed by atoms with Crippen molar-refractivity contribution in [2.45, 2.75) is 238 Å². The fourth-order valence-electron chi connectivity index (χ4n) is 13.6. The molecule has 0 amide bonds. The molecule has 0 bridgehead atoms. The molecular formula is C108H180N12O18. The van der Waals surface area contributed by atoms with Gasteiger partial charge in [0, 0.05) is 71.5 Å². The second-order valence-electron chi connectivity index (χ2n) is 38.6. The Hall–Kier alpha value is -10.5. The number of rotatable bonds is 54. The number of nitrogens with two attached hydrogens (primary N) is 6. The Balaban J connectivity index is 0.000000828. The van der Waals surface area contributed by atoms with Gasteiger partial charge in [0.2, 0.25) is 0 Å². The normalized spacial score (nSPS) is 12.5. The highest BCUT2D eigenvalue weighted by molar-refractivity contribution is 5.95. The number of nitrogen functional groups attached to an aromatic ring is 6. The Morgan fingerprint density at radius 1 is 0.246 bits per heavy atom. The van der Waals surface area contributed by atoms with Gasteiger partial charge in [0.15, 0.2) is 0 Å². The summed E-state index contributed by atoms with van der Waals surface area (Å²) in [6, 6.07) is 31.3. The molecule has 30 nitrogen and oxygen atoms in total. The summed E-state index contributed by atoms with van der Waals surface area (Å²) in [7, 11) is 24.0. The van der Waals surface area contributed by atoms with E-state index < -0.39 is 0 Å². The molecule has 0 spiro atoms. The van der Waals surface area contributed by atoms with Crippen molar-refractivity contribution < 1.29 is 85.6 Å². The maximum Gasteiger partial charge on any atom is 0.341 e. The molecule has 0 aliphatic heterocycles. The van der Waals surface area contributed by atoms with E-state index in [1.54, 1.807) is 109 Å². The van der Waals surface area contributed by atoms with Crippen molar-refractivity contribution in [3.8, 4) is 34.5 Å². The van der Waals surface area contributed by atoms with Crippen LogP contribution in [-0.2, 0) is 28.4 Å². The van der Waals surface area contributed by atoms with Crippen molar-refractivity contribution in [3.63, 3.8) is 0 Å². The summed E-state index contributed by atoms with van der Waals surface area (Å²) in [5, 5.41) is 0. The number of anilines is 6. The van der Waals surface area contributed by atoms with Crippen LogP contribution in [0.15, 0.2) is 109 Å². The first-order chi connectivity index (χ1) is 65.1. The molecule has 6 aromatic rings. The number of benzene rings is 6. The summed E-state index contributed by atoms with van der Waals surface area (Å²) in [6.07, 6.45) is 11.6. The maximum atomic E-state index is 12.5. The minimum atomic E-state index is -0.376. The van der Waals surface area contributed by atoms with Crippen molar-refractivity contribution in [1.82, 2.24) is 29.4 Å².